The number of thioether (sulfide) groups is 1. The van der Waals surface area contributed by atoms with Crippen LogP contribution in [0.15, 0.2) is 9.95 Å². The molecule has 152 valence electrons. The molecule has 1 aliphatic heterocycles. The number of amides is 1. The topological polar surface area (TPSA) is 55.2 Å². The van der Waals surface area contributed by atoms with Crippen molar-refractivity contribution in [2.24, 2.45) is 0 Å². The van der Waals surface area contributed by atoms with Gasteiger partial charge >= 0.3 is 0 Å². The minimum absolute atomic E-state index is 0.0709. The highest BCUT2D eigenvalue weighted by atomic mass is 32.2. The third-order valence-corrected chi connectivity index (χ3v) is 8.31. The number of piperidine rings is 1. The molecule has 0 unspecified atom stereocenters. The van der Waals surface area contributed by atoms with Gasteiger partial charge in [0.2, 0.25) is 5.91 Å². The SMILES string of the molecule is CCn1c(SCC(=O)N2[C@@H](C)CCC[C@@H]2C)nc2sc3c(c2c1=O)CCCC3. The van der Waals surface area contributed by atoms with Gasteiger partial charge in [-0.2, -0.15) is 0 Å². The van der Waals surface area contributed by atoms with Crippen LogP contribution >= 0.6 is 23.1 Å². The fraction of sp³-hybridized carbons (Fsp3) is 0.667. The number of hydrogen-bond acceptors (Lipinski definition) is 5. The van der Waals surface area contributed by atoms with Crippen molar-refractivity contribution >= 4 is 39.2 Å². The molecule has 4 rings (SSSR count). The molecular formula is C21H29N3O2S2. The Morgan fingerprint density at radius 1 is 1.18 bits per heavy atom. The average Bonchev–Trinajstić information content (AvgIpc) is 3.05. The van der Waals surface area contributed by atoms with Gasteiger partial charge < -0.3 is 4.90 Å². The number of nitrogens with zero attached hydrogens (tertiary/aromatic N) is 3. The zero-order chi connectivity index (χ0) is 19.8. The van der Waals surface area contributed by atoms with E-state index in [9.17, 15) is 9.59 Å². The quantitative estimate of drug-likeness (QED) is 0.549. The van der Waals surface area contributed by atoms with E-state index < -0.39 is 0 Å². The molecule has 2 aromatic heterocycles. The Labute approximate surface area is 174 Å². The second kappa shape index (κ2) is 8.19. The first kappa shape index (κ1) is 20.0. The maximum atomic E-state index is 13.2. The lowest BCUT2D eigenvalue weighted by molar-refractivity contribution is -0.134. The molecule has 28 heavy (non-hydrogen) atoms. The maximum Gasteiger partial charge on any atom is 0.263 e. The normalized spacial score (nSPS) is 22.5. The summed E-state index contributed by atoms with van der Waals surface area (Å²) in [4.78, 5) is 35.1. The lowest BCUT2D eigenvalue weighted by Gasteiger charge is -2.39. The van der Waals surface area contributed by atoms with Gasteiger partial charge in [-0.15, -0.1) is 11.3 Å². The van der Waals surface area contributed by atoms with E-state index in [1.807, 2.05) is 11.8 Å². The van der Waals surface area contributed by atoms with Crippen molar-refractivity contribution in [2.75, 3.05) is 5.75 Å². The highest BCUT2D eigenvalue weighted by Crippen LogP contribution is 2.35. The summed E-state index contributed by atoms with van der Waals surface area (Å²) in [5.41, 5.74) is 1.30. The van der Waals surface area contributed by atoms with Crippen molar-refractivity contribution in [1.82, 2.24) is 14.5 Å². The van der Waals surface area contributed by atoms with Crippen LogP contribution in [0.1, 0.15) is 63.3 Å². The molecule has 5 nitrogen and oxygen atoms in total. The van der Waals surface area contributed by atoms with E-state index in [2.05, 4.69) is 13.8 Å². The molecule has 1 saturated heterocycles. The van der Waals surface area contributed by atoms with E-state index in [1.165, 1.54) is 35.0 Å². The lowest BCUT2D eigenvalue weighted by atomic mass is 9.97. The highest BCUT2D eigenvalue weighted by Gasteiger charge is 2.29. The van der Waals surface area contributed by atoms with Gasteiger partial charge in [-0.25, -0.2) is 4.98 Å². The molecule has 2 aliphatic rings. The van der Waals surface area contributed by atoms with E-state index >= 15 is 0 Å². The Kier molecular flexibility index (Phi) is 5.83. The molecule has 0 N–H and O–H groups in total. The van der Waals surface area contributed by atoms with Crippen molar-refractivity contribution in [3.05, 3.63) is 20.8 Å². The zero-order valence-electron chi connectivity index (χ0n) is 17.0. The largest absolute Gasteiger partial charge is 0.337 e. The molecule has 3 heterocycles. The number of aromatic nitrogens is 2. The summed E-state index contributed by atoms with van der Waals surface area (Å²) in [7, 11) is 0. The number of carbonyl (C=O) groups excluding carboxylic acids is 1. The van der Waals surface area contributed by atoms with Gasteiger partial charge in [0.05, 0.1) is 11.1 Å². The van der Waals surface area contributed by atoms with E-state index in [1.54, 1.807) is 15.9 Å². The monoisotopic (exact) mass is 419 g/mol. The number of hydrogen-bond donors (Lipinski definition) is 0. The number of rotatable bonds is 4. The highest BCUT2D eigenvalue weighted by molar-refractivity contribution is 7.99. The van der Waals surface area contributed by atoms with Crippen LogP contribution in [0.5, 0.6) is 0 Å². The van der Waals surface area contributed by atoms with Crippen molar-refractivity contribution in [2.45, 2.75) is 89.5 Å². The summed E-state index contributed by atoms with van der Waals surface area (Å²) in [6.45, 7) is 6.84. The van der Waals surface area contributed by atoms with Crippen LogP contribution in [0.4, 0.5) is 0 Å². The molecule has 0 radical (unpaired) electrons. The van der Waals surface area contributed by atoms with E-state index in [0.29, 0.717) is 29.5 Å². The third-order valence-electron chi connectivity index (χ3n) is 6.16. The lowest BCUT2D eigenvalue weighted by Crippen LogP contribution is -2.48. The first-order valence-corrected chi connectivity index (χ1v) is 12.3. The predicted octanol–water partition coefficient (Wildman–Crippen LogP) is 4.24. The van der Waals surface area contributed by atoms with Crippen LogP contribution in [0, 0.1) is 0 Å². The number of fused-ring (bicyclic) bond motifs is 3. The van der Waals surface area contributed by atoms with Gasteiger partial charge in [0.1, 0.15) is 4.83 Å². The minimum atomic E-state index is 0.0709. The first-order valence-electron chi connectivity index (χ1n) is 10.5. The smallest absolute Gasteiger partial charge is 0.263 e. The Morgan fingerprint density at radius 3 is 2.61 bits per heavy atom. The zero-order valence-corrected chi connectivity index (χ0v) is 18.6. The van der Waals surface area contributed by atoms with Crippen LogP contribution in [-0.2, 0) is 24.2 Å². The predicted molar refractivity (Wildman–Crippen MR) is 117 cm³/mol. The third kappa shape index (κ3) is 3.52. The summed E-state index contributed by atoms with van der Waals surface area (Å²) >= 11 is 3.10. The van der Waals surface area contributed by atoms with Crippen LogP contribution in [0.2, 0.25) is 0 Å². The van der Waals surface area contributed by atoms with Crippen molar-refractivity contribution in [3.8, 4) is 0 Å². The Balaban J connectivity index is 1.62. The average molecular weight is 420 g/mol. The summed E-state index contributed by atoms with van der Waals surface area (Å²) < 4.78 is 1.75. The molecule has 1 fully saturated rings. The fourth-order valence-corrected chi connectivity index (χ4v) is 6.96. The van der Waals surface area contributed by atoms with Gasteiger partial charge in [0.25, 0.3) is 5.56 Å². The number of aryl methyl sites for hydroxylation is 2. The molecule has 7 heteroatoms. The molecule has 1 aliphatic carbocycles. The Morgan fingerprint density at radius 2 is 1.89 bits per heavy atom. The van der Waals surface area contributed by atoms with Crippen LogP contribution in [0.25, 0.3) is 10.2 Å². The molecule has 0 spiro atoms. The molecule has 0 saturated carbocycles. The Hall–Kier alpha value is -1.34. The van der Waals surface area contributed by atoms with Gasteiger partial charge in [0.15, 0.2) is 5.16 Å². The van der Waals surface area contributed by atoms with Gasteiger partial charge in [0, 0.05) is 23.5 Å². The summed E-state index contributed by atoms with van der Waals surface area (Å²) in [6, 6.07) is 0.592. The van der Waals surface area contributed by atoms with E-state index in [0.717, 1.165) is 42.3 Å². The summed E-state index contributed by atoms with van der Waals surface area (Å²) in [6.07, 6.45) is 7.75. The van der Waals surface area contributed by atoms with Gasteiger partial charge in [-0.3, -0.25) is 14.2 Å². The number of carbonyl (C=O) groups is 1. The minimum Gasteiger partial charge on any atom is -0.337 e. The van der Waals surface area contributed by atoms with Crippen molar-refractivity contribution < 1.29 is 4.79 Å². The summed E-state index contributed by atoms with van der Waals surface area (Å²) in [5.74, 6) is 0.504. The van der Waals surface area contributed by atoms with Crippen molar-refractivity contribution in [3.63, 3.8) is 0 Å². The van der Waals surface area contributed by atoms with Crippen molar-refractivity contribution in [1.29, 1.82) is 0 Å². The van der Waals surface area contributed by atoms with E-state index in [4.69, 9.17) is 4.98 Å². The molecule has 2 aromatic rings. The Bertz CT molecular complexity index is 939. The van der Waals surface area contributed by atoms with E-state index in [-0.39, 0.29) is 11.5 Å². The molecule has 0 aromatic carbocycles. The molecular weight excluding hydrogens is 390 g/mol. The van der Waals surface area contributed by atoms with Crippen LogP contribution < -0.4 is 5.56 Å². The fourth-order valence-electron chi connectivity index (χ4n) is 4.72. The number of likely N-dealkylation sites (tertiary alicyclic amines) is 1. The standard InChI is InChI=1S/C21H29N3O2S2/c1-4-23-20(26)18-15-10-5-6-11-16(15)28-19(18)22-21(23)27-12-17(25)24-13(2)8-7-9-14(24)3/h13-14H,4-12H2,1-3H3/t13-,14-/m0/s1. The molecule has 2 atom stereocenters. The van der Waals surface area contributed by atoms with Crippen LogP contribution in [0.3, 0.4) is 0 Å². The van der Waals surface area contributed by atoms with Gasteiger partial charge in [-0.05, 0) is 71.3 Å². The summed E-state index contributed by atoms with van der Waals surface area (Å²) in [5, 5.41) is 1.51. The van der Waals surface area contributed by atoms with Gasteiger partial charge in [-0.1, -0.05) is 11.8 Å². The first-order chi connectivity index (χ1) is 13.5. The molecule has 0 bridgehead atoms. The van der Waals surface area contributed by atoms with Crippen LogP contribution in [-0.4, -0.2) is 38.2 Å². The molecule has 1 amide bonds. The second-order valence-corrected chi connectivity index (χ2v) is 10.1. The second-order valence-electron chi connectivity index (χ2n) is 8.05. The maximum absolute atomic E-state index is 13.2. The number of thiophene rings is 1.